The Hall–Kier alpha value is -2.79. The van der Waals surface area contributed by atoms with Crippen molar-refractivity contribution in [3.63, 3.8) is 0 Å². The molecule has 8 heteroatoms. The molecule has 1 aliphatic heterocycles. The number of nitrogens with one attached hydrogen (secondary N) is 1. The first kappa shape index (κ1) is 17.6. The fourth-order valence-corrected chi connectivity index (χ4v) is 4.88. The monoisotopic (exact) mass is 387 g/mol. The molecule has 1 saturated heterocycles. The van der Waals surface area contributed by atoms with Crippen LogP contribution < -0.4 is 10.2 Å². The number of hydrogen-bond acceptors (Lipinski definition) is 4. The van der Waals surface area contributed by atoms with Crippen LogP contribution in [-0.2, 0) is 22.4 Å². The summed E-state index contributed by atoms with van der Waals surface area (Å²) >= 11 is 1.41. The number of carbonyl (C=O) groups is 2. The van der Waals surface area contributed by atoms with Crippen LogP contribution in [0.25, 0.3) is 0 Å². The van der Waals surface area contributed by atoms with E-state index >= 15 is 0 Å². The quantitative estimate of drug-likeness (QED) is 0.878. The number of amides is 2. The van der Waals surface area contributed by atoms with Crippen LogP contribution in [0.1, 0.15) is 28.8 Å². The van der Waals surface area contributed by atoms with E-state index in [4.69, 9.17) is 0 Å². The van der Waals surface area contributed by atoms with Gasteiger partial charge in [-0.1, -0.05) is 0 Å². The van der Waals surface area contributed by atoms with Crippen molar-refractivity contribution in [2.24, 2.45) is 5.92 Å². The molecule has 1 atom stereocenters. The summed E-state index contributed by atoms with van der Waals surface area (Å²) in [5, 5.41) is 12.7. The standard InChI is InChI=1S/C19H15F2N3O2S/c20-11-4-5-15(14(21)7-11)24-9-10(6-17(24)25)18(26)23-19-13(8-22)12-2-1-3-16(12)27-19/h4-5,7,10H,1-3,6,9H2,(H,23,26)/t10-/m0/s1. The molecule has 2 aliphatic rings. The molecule has 1 fully saturated rings. The summed E-state index contributed by atoms with van der Waals surface area (Å²) in [5.74, 6) is -3.00. The number of rotatable bonds is 3. The van der Waals surface area contributed by atoms with Gasteiger partial charge in [0.25, 0.3) is 0 Å². The van der Waals surface area contributed by atoms with E-state index in [1.165, 1.54) is 22.3 Å². The third kappa shape index (κ3) is 3.08. The van der Waals surface area contributed by atoms with Crippen molar-refractivity contribution in [2.75, 3.05) is 16.8 Å². The molecule has 2 heterocycles. The Balaban J connectivity index is 1.51. The van der Waals surface area contributed by atoms with Crippen LogP contribution in [0.3, 0.4) is 0 Å². The van der Waals surface area contributed by atoms with Gasteiger partial charge in [-0.15, -0.1) is 11.3 Å². The Morgan fingerprint density at radius 3 is 2.89 bits per heavy atom. The van der Waals surface area contributed by atoms with Crippen molar-refractivity contribution in [3.8, 4) is 6.07 Å². The zero-order valence-electron chi connectivity index (χ0n) is 14.2. The number of fused-ring (bicyclic) bond motifs is 1. The van der Waals surface area contributed by atoms with E-state index in [9.17, 15) is 23.6 Å². The highest BCUT2D eigenvalue weighted by Crippen LogP contribution is 2.39. The van der Waals surface area contributed by atoms with Gasteiger partial charge in [0, 0.05) is 23.9 Å². The molecule has 1 aliphatic carbocycles. The first-order valence-electron chi connectivity index (χ1n) is 8.59. The molecule has 4 rings (SSSR count). The summed E-state index contributed by atoms with van der Waals surface area (Å²) in [6.07, 6.45) is 2.70. The third-order valence-electron chi connectivity index (χ3n) is 4.97. The van der Waals surface area contributed by atoms with Crippen LogP contribution in [0.15, 0.2) is 18.2 Å². The third-order valence-corrected chi connectivity index (χ3v) is 6.17. The van der Waals surface area contributed by atoms with E-state index in [0.717, 1.165) is 35.8 Å². The molecule has 0 saturated carbocycles. The van der Waals surface area contributed by atoms with Crippen molar-refractivity contribution in [3.05, 3.63) is 45.8 Å². The molecule has 5 nitrogen and oxygen atoms in total. The van der Waals surface area contributed by atoms with E-state index in [1.807, 2.05) is 0 Å². The lowest BCUT2D eigenvalue weighted by Crippen LogP contribution is -2.28. The fourth-order valence-electron chi connectivity index (χ4n) is 3.64. The van der Waals surface area contributed by atoms with Gasteiger partial charge < -0.3 is 10.2 Å². The topological polar surface area (TPSA) is 73.2 Å². The van der Waals surface area contributed by atoms with Crippen molar-refractivity contribution in [1.82, 2.24) is 0 Å². The van der Waals surface area contributed by atoms with E-state index in [1.54, 1.807) is 0 Å². The second kappa shape index (κ2) is 6.74. The Bertz CT molecular complexity index is 996. The number of hydrogen-bond donors (Lipinski definition) is 1. The van der Waals surface area contributed by atoms with Gasteiger partial charge in [-0.05, 0) is 37.0 Å². The van der Waals surface area contributed by atoms with Crippen molar-refractivity contribution in [2.45, 2.75) is 25.7 Å². The van der Waals surface area contributed by atoms with Gasteiger partial charge in [0.05, 0.1) is 17.2 Å². The van der Waals surface area contributed by atoms with Crippen molar-refractivity contribution < 1.29 is 18.4 Å². The second-order valence-corrected chi connectivity index (χ2v) is 7.77. The highest BCUT2D eigenvalue weighted by atomic mass is 32.1. The number of carbonyl (C=O) groups excluding carboxylic acids is 2. The second-order valence-electron chi connectivity index (χ2n) is 6.66. The van der Waals surface area contributed by atoms with Crippen LogP contribution in [-0.4, -0.2) is 18.4 Å². The number of aryl methyl sites for hydroxylation is 1. The number of anilines is 2. The first-order valence-corrected chi connectivity index (χ1v) is 9.40. The molecule has 27 heavy (non-hydrogen) atoms. The number of nitrogens with zero attached hydrogens (tertiary/aromatic N) is 2. The summed E-state index contributed by atoms with van der Waals surface area (Å²) in [7, 11) is 0. The predicted octanol–water partition coefficient (Wildman–Crippen LogP) is 3.38. The van der Waals surface area contributed by atoms with Crippen molar-refractivity contribution in [1.29, 1.82) is 5.26 Å². The maximum atomic E-state index is 14.0. The van der Waals surface area contributed by atoms with Crippen LogP contribution in [0.4, 0.5) is 19.5 Å². The van der Waals surface area contributed by atoms with Gasteiger partial charge in [-0.3, -0.25) is 9.59 Å². The van der Waals surface area contributed by atoms with E-state index in [0.29, 0.717) is 16.6 Å². The Morgan fingerprint density at radius 2 is 2.15 bits per heavy atom. The lowest BCUT2D eigenvalue weighted by Gasteiger charge is -2.17. The molecular weight excluding hydrogens is 372 g/mol. The smallest absolute Gasteiger partial charge is 0.230 e. The molecule has 1 aromatic carbocycles. The van der Waals surface area contributed by atoms with E-state index in [2.05, 4.69) is 11.4 Å². The first-order chi connectivity index (χ1) is 13.0. The van der Waals surface area contributed by atoms with Crippen molar-refractivity contribution >= 4 is 33.8 Å². The highest BCUT2D eigenvalue weighted by Gasteiger charge is 2.37. The molecule has 0 bridgehead atoms. The zero-order chi connectivity index (χ0) is 19.1. The number of halogens is 2. The minimum atomic E-state index is -0.842. The average Bonchev–Trinajstić information content (AvgIpc) is 3.29. The lowest BCUT2D eigenvalue weighted by atomic mass is 10.1. The molecule has 1 aromatic heterocycles. The lowest BCUT2D eigenvalue weighted by molar-refractivity contribution is -0.122. The summed E-state index contributed by atoms with van der Waals surface area (Å²) in [4.78, 5) is 27.2. The SMILES string of the molecule is N#Cc1c(NC(=O)[C@H]2CC(=O)N(c3ccc(F)cc3F)C2)sc2c1CCC2. The predicted molar refractivity (Wildman–Crippen MR) is 96.5 cm³/mol. The molecule has 138 valence electrons. The Kier molecular flexibility index (Phi) is 4.40. The van der Waals surface area contributed by atoms with E-state index in [-0.39, 0.29) is 24.6 Å². The van der Waals surface area contributed by atoms with Crippen LogP contribution >= 0.6 is 11.3 Å². The van der Waals surface area contributed by atoms with Crippen LogP contribution in [0.5, 0.6) is 0 Å². The zero-order valence-corrected chi connectivity index (χ0v) is 15.0. The van der Waals surface area contributed by atoms with E-state index < -0.39 is 23.5 Å². The molecule has 0 unspecified atom stereocenters. The van der Waals surface area contributed by atoms with Gasteiger partial charge in [-0.2, -0.15) is 5.26 Å². The van der Waals surface area contributed by atoms with Gasteiger partial charge in [0.1, 0.15) is 22.7 Å². The Morgan fingerprint density at radius 1 is 1.33 bits per heavy atom. The minimum absolute atomic E-state index is 0.0141. The molecule has 0 spiro atoms. The Labute approximate surface area is 158 Å². The molecule has 2 aromatic rings. The number of nitriles is 1. The average molecular weight is 387 g/mol. The van der Waals surface area contributed by atoms with Gasteiger partial charge >= 0.3 is 0 Å². The normalized spacial score (nSPS) is 18.5. The summed E-state index contributed by atoms with van der Waals surface area (Å²) in [6.45, 7) is 0.0141. The fraction of sp³-hybridized carbons (Fsp3) is 0.316. The molecule has 2 amide bonds. The molecular formula is C19H15F2N3O2S. The van der Waals surface area contributed by atoms with Gasteiger partial charge in [0.2, 0.25) is 11.8 Å². The minimum Gasteiger partial charge on any atom is -0.316 e. The summed E-state index contributed by atoms with van der Waals surface area (Å²) in [5.41, 5.74) is 1.48. The van der Waals surface area contributed by atoms with Crippen LogP contribution in [0, 0.1) is 28.9 Å². The maximum Gasteiger partial charge on any atom is 0.230 e. The van der Waals surface area contributed by atoms with Gasteiger partial charge in [0.15, 0.2) is 0 Å². The van der Waals surface area contributed by atoms with Crippen LogP contribution in [0.2, 0.25) is 0 Å². The molecule has 0 radical (unpaired) electrons. The number of benzene rings is 1. The summed E-state index contributed by atoms with van der Waals surface area (Å²) in [6, 6.07) is 5.14. The molecule has 1 N–H and O–H groups in total. The largest absolute Gasteiger partial charge is 0.316 e. The summed E-state index contributed by atoms with van der Waals surface area (Å²) < 4.78 is 27.1. The van der Waals surface area contributed by atoms with Gasteiger partial charge in [-0.25, -0.2) is 8.78 Å². The maximum absolute atomic E-state index is 14.0. The highest BCUT2D eigenvalue weighted by molar-refractivity contribution is 7.16. The number of thiophene rings is 1.